The van der Waals surface area contributed by atoms with E-state index in [0.717, 1.165) is 11.8 Å². The molecule has 3 aromatic rings. The van der Waals surface area contributed by atoms with Gasteiger partial charge in [-0.2, -0.15) is 0 Å². The molecule has 0 saturated heterocycles. The number of Topliss-reactive ketones (excluding diaryl/α,β-unsaturated/α-hetero) is 1. The molecule has 2 aromatic carbocycles. The van der Waals surface area contributed by atoms with E-state index in [9.17, 15) is 14.9 Å². The molecule has 3 rings (SSSR count). The molecule has 0 unspecified atom stereocenters. The lowest BCUT2D eigenvalue weighted by atomic mass is 10.1. The molecule has 26 heavy (non-hydrogen) atoms. The maximum atomic E-state index is 12.3. The fourth-order valence-corrected chi connectivity index (χ4v) is 3.26. The van der Waals surface area contributed by atoms with Crippen LogP contribution in [0.3, 0.4) is 0 Å². The van der Waals surface area contributed by atoms with E-state index in [1.807, 2.05) is 0 Å². The largest absolute Gasteiger partial charge is 0.411 e. The monoisotopic (exact) mass is 453 g/mol. The highest BCUT2D eigenvalue weighted by Gasteiger charge is 2.17. The number of nitro groups is 1. The summed E-state index contributed by atoms with van der Waals surface area (Å²) in [7, 11) is 0. The molecule has 0 amide bonds. The van der Waals surface area contributed by atoms with Crippen LogP contribution in [0.4, 0.5) is 5.69 Å². The fraction of sp³-hybridized carbons (Fsp3) is 0.0625. The van der Waals surface area contributed by atoms with Crippen LogP contribution in [-0.2, 0) is 0 Å². The lowest BCUT2D eigenvalue weighted by Gasteiger charge is -2.02. The molecule has 0 aliphatic rings. The minimum Gasteiger partial charge on any atom is -0.411 e. The molecule has 0 aliphatic carbocycles. The number of hydrogen-bond donors (Lipinski definition) is 0. The molecule has 132 valence electrons. The van der Waals surface area contributed by atoms with Crippen LogP contribution in [0.5, 0.6) is 0 Å². The van der Waals surface area contributed by atoms with E-state index >= 15 is 0 Å². The Balaban J connectivity index is 1.70. The van der Waals surface area contributed by atoms with Gasteiger partial charge in [-0.1, -0.05) is 39.3 Å². The van der Waals surface area contributed by atoms with Crippen LogP contribution in [0.25, 0.3) is 11.5 Å². The second-order valence-corrected chi connectivity index (χ2v) is 7.23. The van der Waals surface area contributed by atoms with Crippen molar-refractivity contribution in [1.82, 2.24) is 10.2 Å². The molecule has 10 heteroatoms. The molecule has 0 N–H and O–H groups in total. The van der Waals surface area contributed by atoms with Gasteiger partial charge in [0.05, 0.1) is 10.7 Å². The van der Waals surface area contributed by atoms with Gasteiger partial charge in [0, 0.05) is 32.8 Å². The van der Waals surface area contributed by atoms with E-state index < -0.39 is 4.92 Å². The average molecular weight is 455 g/mol. The van der Waals surface area contributed by atoms with E-state index in [-0.39, 0.29) is 28.0 Å². The number of carbonyl (C=O) groups excluding carboxylic acids is 1. The zero-order chi connectivity index (χ0) is 18.7. The fourth-order valence-electron chi connectivity index (χ4n) is 2.02. The number of carbonyl (C=O) groups is 1. The standard InChI is InChI=1S/C16H9BrClN3O4S/c17-13-6-5-11(21(23)24)7-12(13)14(22)8-26-16-20-19-15(25-16)9-1-3-10(18)4-2-9/h1-7H,8H2. The first-order valence-electron chi connectivity index (χ1n) is 7.13. The third kappa shape index (κ3) is 4.29. The molecule has 1 heterocycles. The SMILES string of the molecule is O=C(CSc1nnc(-c2ccc(Cl)cc2)o1)c1cc([N+](=O)[O-])ccc1Br. The summed E-state index contributed by atoms with van der Waals surface area (Å²) in [6, 6.07) is 10.9. The number of rotatable bonds is 6. The quantitative estimate of drug-likeness (QED) is 0.223. The van der Waals surface area contributed by atoms with Crippen molar-refractivity contribution < 1.29 is 14.1 Å². The summed E-state index contributed by atoms with van der Waals surface area (Å²) in [6.07, 6.45) is 0. The minimum atomic E-state index is -0.549. The molecule has 0 bridgehead atoms. The Labute approximate surface area is 165 Å². The molecule has 0 atom stereocenters. The number of thioether (sulfide) groups is 1. The van der Waals surface area contributed by atoms with E-state index in [0.29, 0.717) is 20.9 Å². The van der Waals surface area contributed by atoms with Crippen molar-refractivity contribution in [2.24, 2.45) is 0 Å². The maximum Gasteiger partial charge on any atom is 0.277 e. The van der Waals surface area contributed by atoms with Crippen molar-refractivity contribution in [2.75, 3.05) is 5.75 Å². The van der Waals surface area contributed by atoms with Crippen molar-refractivity contribution in [3.63, 3.8) is 0 Å². The summed E-state index contributed by atoms with van der Waals surface area (Å²) in [6.45, 7) is 0. The van der Waals surface area contributed by atoms with Crippen molar-refractivity contribution in [2.45, 2.75) is 5.22 Å². The zero-order valence-electron chi connectivity index (χ0n) is 12.9. The number of aromatic nitrogens is 2. The van der Waals surface area contributed by atoms with Gasteiger partial charge in [0.2, 0.25) is 5.89 Å². The lowest BCUT2D eigenvalue weighted by Crippen LogP contribution is -2.04. The third-order valence-electron chi connectivity index (χ3n) is 3.29. The van der Waals surface area contributed by atoms with Gasteiger partial charge in [0.15, 0.2) is 5.78 Å². The van der Waals surface area contributed by atoms with Gasteiger partial charge in [-0.25, -0.2) is 0 Å². The van der Waals surface area contributed by atoms with Crippen LogP contribution in [0, 0.1) is 10.1 Å². The first-order valence-corrected chi connectivity index (χ1v) is 9.29. The van der Waals surface area contributed by atoms with E-state index in [4.69, 9.17) is 16.0 Å². The number of non-ortho nitro benzene ring substituents is 1. The minimum absolute atomic E-state index is 0.00200. The van der Waals surface area contributed by atoms with Crippen molar-refractivity contribution in [3.05, 3.63) is 67.6 Å². The van der Waals surface area contributed by atoms with Crippen LogP contribution in [-0.4, -0.2) is 26.7 Å². The van der Waals surface area contributed by atoms with Gasteiger partial charge in [0.25, 0.3) is 10.9 Å². The lowest BCUT2D eigenvalue weighted by molar-refractivity contribution is -0.384. The molecule has 1 aromatic heterocycles. The molecule has 0 radical (unpaired) electrons. The number of nitro benzene ring substituents is 1. The molecule has 0 saturated carbocycles. The Kier molecular flexibility index (Phi) is 5.70. The number of hydrogen-bond acceptors (Lipinski definition) is 7. The summed E-state index contributed by atoms with van der Waals surface area (Å²) in [5.74, 6) is 0.0205. The molecule has 0 fully saturated rings. The molecular weight excluding hydrogens is 446 g/mol. The van der Waals surface area contributed by atoms with Crippen molar-refractivity contribution in [1.29, 1.82) is 0 Å². The van der Waals surface area contributed by atoms with E-state index in [2.05, 4.69) is 26.1 Å². The number of benzene rings is 2. The predicted octanol–water partition coefficient (Wildman–Crippen LogP) is 5.04. The summed E-state index contributed by atoms with van der Waals surface area (Å²) in [5, 5.41) is 19.5. The van der Waals surface area contributed by atoms with Crippen LogP contribution < -0.4 is 0 Å². The first kappa shape index (κ1) is 18.6. The summed E-state index contributed by atoms with van der Waals surface area (Å²) >= 11 is 10.1. The number of nitrogens with zero attached hydrogens (tertiary/aromatic N) is 3. The Morgan fingerprint density at radius 2 is 1.96 bits per heavy atom. The Morgan fingerprint density at radius 3 is 2.65 bits per heavy atom. The van der Waals surface area contributed by atoms with Gasteiger partial charge in [0.1, 0.15) is 0 Å². The van der Waals surface area contributed by atoms with Crippen LogP contribution in [0.1, 0.15) is 10.4 Å². The predicted molar refractivity (Wildman–Crippen MR) is 101 cm³/mol. The highest BCUT2D eigenvalue weighted by atomic mass is 79.9. The van der Waals surface area contributed by atoms with Crippen LogP contribution >= 0.6 is 39.3 Å². The van der Waals surface area contributed by atoms with Gasteiger partial charge in [-0.05, 0) is 30.3 Å². The second-order valence-electron chi connectivity index (χ2n) is 5.01. The Bertz CT molecular complexity index is 978. The number of halogens is 2. The van der Waals surface area contributed by atoms with Crippen molar-refractivity contribution in [3.8, 4) is 11.5 Å². The van der Waals surface area contributed by atoms with Crippen molar-refractivity contribution >= 4 is 50.8 Å². The third-order valence-corrected chi connectivity index (χ3v) is 5.05. The summed E-state index contributed by atoms with van der Waals surface area (Å²) in [4.78, 5) is 22.7. The Hall–Kier alpha value is -2.23. The van der Waals surface area contributed by atoms with Crippen LogP contribution in [0.2, 0.25) is 5.02 Å². The topological polar surface area (TPSA) is 99.1 Å². The van der Waals surface area contributed by atoms with Gasteiger partial charge < -0.3 is 4.42 Å². The normalized spacial score (nSPS) is 10.7. The van der Waals surface area contributed by atoms with E-state index in [1.54, 1.807) is 24.3 Å². The summed E-state index contributed by atoms with van der Waals surface area (Å²) in [5.41, 5.74) is 0.787. The summed E-state index contributed by atoms with van der Waals surface area (Å²) < 4.78 is 6.00. The molecule has 0 aliphatic heterocycles. The smallest absolute Gasteiger partial charge is 0.277 e. The molecule has 0 spiro atoms. The Morgan fingerprint density at radius 1 is 1.23 bits per heavy atom. The van der Waals surface area contributed by atoms with Gasteiger partial charge >= 0.3 is 0 Å². The van der Waals surface area contributed by atoms with Gasteiger partial charge in [-0.15, -0.1) is 10.2 Å². The highest BCUT2D eigenvalue weighted by Crippen LogP contribution is 2.27. The van der Waals surface area contributed by atoms with E-state index in [1.165, 1.54) is 18.2 Å². The molecular formula is C16H9BrClN3O4S. The maximum absolute atomic E-state index is 12.3. The van der Waals surface area contributed by atoms with Crippen LogP contribution in [0.15, 0.2) is 56.6 Å². The highest BCUT2D eigenvalue weighted by molar-refractivity contribution is 9.10. The number of ketones is 1. The molecule has 7 nitrogen and oxygen atoms in total. The average Bonchev–Trinajstić information content (AvgIpc) is 3.09. The first-order chi connectivity index (χ1) is 12.4. The zero-order valence-corrected chi connectivity index (χ0v) is 16.0. The second kappa shape index (κ2) is 7.98. The van der Waals surface area contributed by atoms with Gasteiger partial charge in [-0.3, -0.25) is 14.9 Å².